The van der Waals surface area contributed by atoms with Crippen LogP contribution in [0.5, 0.6) is 17.2 Å². The molecule has 0 unspecified atom stereocenters. The van der Waals surface area contributed by atoms with E-state index in [1.165, 1.54) is 26.4 Å². The SMILES string of the molecule is COc1ccc(B(O)O)c(O)c1OC. The van der Waals surface area contributed by atoms with Crippen LogP contribution in [0.4, 0.5) is 0 Å². The molecule has 0 bridgehead atoms. The van der Waals surface area contributed by atoms with Gasteiger partial charge in [0.1, 0.15) is 0 Å². The number of ether oxygens (including phenoxy) is 2. The van der Waals surface area contributed by atoms with Gasteiger partial charge in [-0.15, -0.1) is 0 Å². The Morgan fingerprint density at radius 3 is 2.21 bits per heavy atom. The summed E-state index contributed by atoms with van der Waals surface area (Å²) < 4.78 is 9.76. The van der Waals surface area contributed by atoms with Gasteiger partial charge in [0, 0.05) is 5.46 Å². The van der Waals surface area contributed by atoms with Gasteiger partial charge < -0.3 is 24.6 Å². The molecule has 0 heterocycles. The van der Waals surface area contributed by atoms with Crippen LogP contribution in [0.2, 0.25) is 0 Å². The maximum absolute atomic E-state index is 9.55. The lowest BCUT2D eigenvalue weighted by Crippen LogP contribution is -2.30. The Hall–Kier alpha value is -1.40. The second-order valence-corrected chi connectivity index (χ2v) is 2.61. The Kier molecular flexibility index (Phi) is 3.21. The molecule has 1 aromatic rings. The van der Waals surface area contributed by atoms with Crippen LogP contribution < -0.4 is 14.9 Å². The fraction of sp³-hybridized carbons (Fsp3) is 0.250. The minimum Gasteiger partial charge on any atom is -0.504 e. The molecule has 0 amide bonds. The molecule has 1 aromatic carbocycles. The largest absolute Gasteiger partial charge is 0.504 e. The number of rotatable bonds is 3. The highest BCUT2D eigenvalue weighted by Gasteiger charge is 2.21. The summed E-state index contributed by atoms with van der Waals surface area (Å²) in [5, 5.41) is 27.3. The maximum Gasteiger partial charge on any atom is 0.492 e. The first-order chi connectivity index (χ1) is 6.61. The number of benzene rings is 1. The lowest BCUT2D eigenvalue weighted by molar-refractivity contribution is 0.333. The van der Waals surface area contributed by atoms with Crippen molar-refractivity contribution >= 4 is 12.6 Å². The first-order valence-corrected chi connectivity index (χ1v) is 3.91. The van der Waals surface area contributed by atoms with E-state index >= 15 is 0 Å². The Balaban J connectivity index is 3.27. The minimum atomic E-state index is -1.74. The van der Waals surface area contributed by atoms with Gasteiger partial charge in [-0.1, -0.05) is 6.07 Å². The van der Waals surface area contributed by atoms with Crippen LogP contribution in [0, 0.1) is 0 Å². The van der Waals surface area contributed by atoms with Crippen molar-refractivity contribution in [2.24, 2.45) is 0 Å². The zero-order valence-corrected chi connectivity index (χ0v) is 7.89. The fourth-order valence-corrected chi connectivity index (χ4v) is 1.13. The van der Waals surface area contributed by atoms with E-state index in [0.717, 1.165) is 0 Å². The highest BCUT2D eigenvalue weighted by atomic mass is 16.5. The Morgan fingerprint density at radius 2 is 1.79 bits per heavy atom. The van der Waals surface area contributed by atoms with E-state index in [9.17, 15) is 5.11 Å². The van der Waals surface area contributed by atoms with E-state index < -0.39 is 7.12 Å². The second kappa shape index (κ2) is 4.21. The van der Waals surface area contributed by atoms with Crippen molar-refractivity contribution in [2.45, 2.75) is 0 Å². The smallest absolute Gasteiger partial charge is 0.492 e. The van der Waals surface area contributed by atoms with Gasteiger partial charge in [0.05, 0.1) is 14.2 Å². The van der Waals surface area contributed by atoms with Crippen molar-refractivity contribution in [3.8, 4) is 17.2 Å². The summed E-state index contributed by atoms with van der Waals surface area (Å²) in [5.41, 5.74) is -0.0253. The molecular weight excluding hydrogens is 187 g/mol. The molecule has 0 aromatic heterocycles. The summed E-state index contributed by atoms with van der Waals surface area (Å²) >= 11 is 0. The maximum atomic E-state index is 9.55. The van der Waals surface area contributed by atoms with Crippen molar-refractivity contribution in [3.05, 3.63) is 12.1 Å². The van der Waals surface area contributed by atoms with Gasteiger partial charge in [-0.2, -0.15) is 0 Å². The molecule has 0 spiro atoms. The highest BCUT2D eigenvalue weighted by Crippen LogP contribution is 2.34. The van der Waals surface area contributed by atoms with Crippen molar-refractivity contribution in [1.82, 2.24) is 0 Å². The molecule has 14 heavy (non-hydrogen) atoms. The van der Waals surface area contributed by atoms with E-state index in [2.05, 4.69) is 0 Å². The van der Waals surface area contributed by atoms with Gasteiger partial charge in [0.25, 0.3) is 0 Å². The molecule has 0 aliphatic carbocycles. The van der Waals surface area contributed by atoms with Crippen molar-refractivity contribution in [3.63, 3.8) is 0 Å². The summed E-state index contributed by atoms with van der Waals surface area (Å²) in [6.07, 6.45) is 0. The summed E-state index contributed by atoms with van der Waals surface area (Å²) in [4.78, 5) is 0. The third-order valence-corrected chi connectivity index (χ3v) is 1.83. The zero-order valence-electron chi connectivity index (χ0n) is 7.89. The minimum absolute atomic E-state index is 0.0253. The second-order valence-electron chi connectivity index (χ2n) is 2.61. The van der Waals surface area contributed by atoms with E-state index in [0.29, 0.717) is 5.75 Å². The first kappa shape index (κ1) is 10.7. The molecule has 76 valence electrons. The average Bonchev–Trinajstić information content (AvgIpc) is 2.16. The molecule has 0 saturated carbocycles. The first-order valence-electron chi connectivity index (χ1n) is 3.91. The van der Waals surface area contributed by atoms with Crippen LogP contribution in [-0.4, -0.2) is 36.5 Å². The van der Waals surface area contributed by atoms with Crippen LogP contribution >= 0.6 is 0 Å². The predicted octanol–water partition coefficient (Wildman–Crippen LogP) is -0.911. The molecular formula is C8H11BO5. The van der Waals surface area contributed by atoms with Crippen LogP contribution in [0.15, 0.2) is 12.1 Å². The molecule has 0 atom stereocenters. The topological polar surface area (TPSA) is 79.2 Å². The van der Waals surface area contributed by atoms with Gasteiger partial charge in [-0.3, -0.25) is 0 Å². The Morgan fingerprint density at radius 1 is 1.14 bits per heavy atom. The van der Waals surface area contributed by atoms with Gasteiger partial charge in [0.2, 0.25) is 5.75 Å². The molecule has 5 nitrogen and oxygen atoms in total. The summed E-state index contributed by atoms with van der Waals surface area (Å²) in [6.45, 7) is 0. The van der Waals surface area contributed by atoms with Gasteiger partial charge in [-0.25, -0.2) is 0 Å². The van der Waals surface area contributed by atoms with E-state index in [1.54, 1.807) is 0 Å². The standard InChI is InChI=1S/C8H11BO5/c1-13-6-4-3-5(9(11)12)7(10)8(6)14-2/h3-4,10-12H,1-2H3. The van der Waals surface area contributed by atoms with Crippen LogP contribution in [0.25, 0.3) is 0 Å². The van der Waals surface area contributed by atoms with E-state index in [1.807, 2.05) is 0 Å². The molecule has 3 N–H and O–H groups in total. The van der Waals surface area contributed by atoms with Crippen molar-refractivity contribution < 1.29 is 24.6 Å². The Labute approximate surface area is 81.7 Å². The number of phenols is 1. The quantitative estimate of drug-likeness (QED) is 0.548. The third-order valence-electron chi connectivity index (χ3n) is 1.83. The third kappa shape index (κ3) is 1.76. The van der Waals surface area contributed by atoms with E-state index in [4.69, 9.17) is 19.5 Å². The molecule has 0 aliphatic heterocycles. The van der Waals surface area contributed by atoms with Gasteiger partial charge >= 0.3 is 7.12 Å². The van der Waals surface area contributed by atoms with E-state index in [-0.39, 0.29) is 17.0 Å². The highest BCUT2D eigenvalue weighted by molar-refractivity contribution is 6.59. The lowest BCUT2D eigenvalue weighted by Gasteiger charge is -2.11. The predicted molar refractivity (Wildman–Crippen MR) is 51.0 cm³/mol. The van der Waals surface area contributed by atoms with Crippen LogP contribution in [0.3, 0.4) is 0 Å². The molecule has 0 radical (unpaired) electrons. The number of phenolic OH excluding ortho intramolecular Hbond substituents is 1. The van der Waals surface area contributed by atoms with Gasteiger partial charge in [0.15, 0.2) is 11.5 Å². The lowest BCUT2D eigenvalue weighted by atomic mass is 9.79. The number of methoxy groups -OCH3 is 2. The molecule has 0 fully saturated rings. The molecule has 0 aliphatic rings. The average molecular weight is 198 g/mol. The number of hydrogen-bond donors (Lipinski definition) is 3. The number of hydrogen-bond acceptors (Lipinski definition) is 5. The normalized spacial score (nSPS) is 9.71. The summed E-state index contributed by atoms with van der Waals surface area (Å²) in [5.74, 6) is 0.0781. The summed E-state index contributed by atoms with van der Waals surface area (Å²) in [6, 6.07) is 2.83. The van der Waals surface area contributed by atoms with Crippen molar-refractivity contribution in [2.75, 3.05) is 14.2 Å². The molecule has 1 rings (SSSR count). The zero-order chi connectivity index (χ0) is 10.7. The number of aromatic hydroxyl groups is 1. The molecule has 6 heteroatoms. The van der Waals surface area contributed by atoms with Crippen LogP contribution in [-0.2, 0) is 0 Å². The van der Waals surface area contributed by atoms with Gasteiger partial charge in [-0.05, 0) is 6.07 Å². The monoisotopic (exact) mass is 198 g/mol. The molecule has 0 saturated heterocycles. The fourth-order valence-electron chi connectivity index (χ4n) is 1.13. The van der Waals surface area contributed by atoms with Crippen molar-refractivity contribution in [1.29, 1.82) is 0 Å². The van der Waals surface area contributed by atoms with Crippen LogP contribution in [0.1, 0.15) is 0 Å². The summed E-state index contributed by atoms with van der Waals surface area (Å²) in [7, 11) is 1.03. The Bertz CT molecular complexity index is 326.